The van der Waals surface area contributed by atoms with E-state index in [2.05, 4.69) is 5.32 Å². The molecule has 2 aliphatic rings. The predicted molar refractivity (Wildman–Crippen MR) is 58.4 cm³/mol. The molecule has 1 unspecified atom stereocenters. The Morgan fingerprint density at radius 1 is 1.07 bits per heavy atom. The third kappa shape index (κ3) is 3.25. The van der Waals surface area contributed by atoms with Gasteiger partial charge in [-0.25, -0.2) is 0 Å². The summed E-state index contributed by atoms with van der Waals surface area (Å²) in [5.74, 6) is 0.898. The minimum atomic E-state index is 0.741. The van der Waals surface area contributed by atoms with Gasteiger partial charge in [0.25, 0.3) is 0 Å². The Morgan fingerprint density at radius 3 is 2.64 bits per heavy atom. The summed E-state index contributed by atoms with van der Waals surface area (Å²) in [6.45, 7) is 3.20. The van der Waals surface area contributed by atoms with Crippen molar-refractivity contribution in [2.24, 2.45) is 5.92 Å². The van der Waals surface area contributed by atoms with E-state index >= 15 is 0 Å². The average Bonchev–Trinajstić information content (AvgIpc) is 2.16. The highest BCUT2D eigenvalue weighted by atomic mass is 16.5. The van der Waals surface area contributed by atoms with Crippen molar-refractivity contribution in [2.75, 3.05) is 19.8 Å². The lowest BCUT2D eigenvalue weighted by Gasteiger charge is -2.26. The Balaban J connectivity index is 1.45. The molecule has 14 heavy (non-hydrogen) atoms. The van der Waals surface area contributed by atoms with E-state index in [0.717, 1.165) is 25.2 Å². The molecule has 2 heteroatoms. The largest absolute Gasteiger partial charge is 0.381 e. The zero-order valence-corrected chi connectivity index (χ0v) is 9.13. The summed E-state index contributed by atoms with van der Waals surface area (Å²) >= 11 is 0. The van der Waals surface area contributed by atoms with Gasteiger partial charge in [0, 0.05) is 19.3 Å². The Hall–Kier alpha value is -0.0800. The summed E-state index contributed by atoms with van der Waals surface area (Å²) in [7, 11) is 0. The molecular weight excluding hydrogens is 174 g/mol. The first-order valence-corrected chi connectivity index (χ1v) is 6.26. The molecule has 0 bridgehead atoms. The third-order valence-corrected chi connectivity index (χ3v) is 3.60. The van der Waals surface area contributed by atoms with Gasteiger partial charge < -0.3 is 10.1 Å². The van der Waals surface area contributed by atoms with Crippen molar-refractivity contribution in [2.45, 2.75) is 51.0 Å². The predicted octanol–water partition coefficient (Wildman–Crippen LogP) is 2.34. The normalized spacial score (nSPS) is 28.7. The molecular formula is C12H23NO. The number of hydrogen-bond acceptors (Lipinski definition) is 2. The molecule has 2 rings (SSSR count). The molecule has 1 N–H and O–H groups in total. The summed E-state index contributed by atoms with van der Waals surface area (Å²) in [4.78, 5) is 0. The van der Waals surface area contributed by atoms with Crippen LogP contribution in [0.5, 0.6) is 0 Å². The Kier molecular flexibility index (Phi) is 4.26. The van der Waals surface area contributed by atoms with Gasteiger partial charge in [-0.1, -0.05) is 12.8 Å². The van der Waals surface area contributed by atoms with Crippen LogP contribution in [-0.4, -0.2) is 25.8 Å². The van der Waals surface area contributed by atoms with Gasteiger partial charge in [0.2, 0.25) is 0 Å². The second kappa shape index (κ2) is 5.72. The van der Waals surface area contributed by atoms with Crippen molar-refractivity contribution in [1.82, 2.24) is 5.32 Å². The zero-order chi connectivity index (χ0) is 9.64. The van der Waals surface area contributed by atoms with E-state index in [4.69, 9.17) is 4.74 Å². The standard InChI is InChI=1S/C12H23NO/c1-2-8-13-12(6-1)7-9-14-10-11-4-3-5-11/h11-13H,1-10H2. The molecule has 2 fully saturated rings. The quantitative estimate of drug-likeness (QED) is 0.683. The van der Waals surface area contributed by atoms with E-state index < -0.39 is 0 Å². The molecule has 0 aromatic carbocycles. The van der Waals surface area contributed by atoms with E-state index in [1.165, 1.54) is 51.5 Å². The molecule has 2 nitrogen and oxygen atoms in total. The van der Waals surface area contributed by atoms with Crippen molar-refractivity contribution >= 4 is 0 Å². The van der Waals surface area contributed by atoms with Gasteiger partial charge in [-0.3, -0.25) is 0 Å². The van der Waals surface area contributed by atoms with E-state index in [0.29, 0.717) is 0 Å². The lowest BCUT2D eigenvalue weighted by molar-refractivity contribution is 0.0632. The molecule has 1 aliphatic heterocycles. The van der Waals surface area contributed by atoms with Crippen LogP contribution in [0.4, 0.5) is 0 Å². The maximum atomic E-state index is 5.70. The molecule has 1 heterocycles. The van der Waals surface area contributed by atoms with E-state index in [-0.39, 0.29) is 0 Å². The second-order valence-electron chi connectivity index (χ2n) is 4.81. The minimum Gasteiger partial charge on any atom is -0.381 e. The van der Waals surface area contributed by atoms with Crippen LogP contribution in [0, 0.1) is 5.92 Å². The molecule has 1 saturated carbocycles. The summed E-state index contributed by atoms with van der Waals surface area (Å²) < 4.78 is 5.70. The number of nitrogens with one attached hydrogen (secondary N) is 1. The van der Waals surface area contributed by atoms with Crippen LogP contribution in [0.15, 0.2) is 0 Å². The van der Waals surface area contributed by atoms with Crippen molar-refractivity contribution in [3.05, 3.63) is 0 Å². The lowest BCUT2D eigenvalue weighted by Crippen LogP contribution is -2.35. The highest BCUT2D eigenvalue weighted by Gasteiger charge is 2.17. The summed E-state index contributed by atoms with van der Waals surface area (Å²) in [6.07, 6.45) is 9.57. The molecule has 0 spiro atoms. The van der Waals surface area contributed by atoms with Crippen molar-refractivity contribution in [1.29, 1.82) is 0 Å². The van der Waals surface area contributed by atoms with E-state index in [1.807, 2.05) is 0 Å². The van der Waals surface area contributed by atoms with Gasteiger partial charge >= 0.3 is 0 Å². The van der Waals surface area contributed by atoms with Crippen molar-refractivity contribution in [3.8, 4) is 0 Å². The van der Waals surface area contributed by atoms with Crippen molar-refractivity contribution in [3.63, 3.8) is 0 Å². The van der Waals surface area contributed by atoms with Crippen LogP contribution in [-0.2, 0) is 4.74 Å². The lowest BCUT2D eigenvalue weighted by atomic mass is 9.86. The number of hydrogen-bond donors (Lipinski definition) is 1. The molecule has 0 aromatic heterocycles. The fourth-order valence-electron chi connectivity index (χ4n) is 2.31. The number of ether oxygens (including phenoxy) is 1. The van der Waals surface area contributed by atoms with Gasteiger partial charge in [0.15, 0.2) is 0 Å². The minimum absolute atomic E-state index is 0.741. The van der Waals surface area contributed by atoms with E-state index in [9.17, 15) is 0 Å². The Labute approximate surface area is 87.4 Å². The first kappa shape index (κ1) is 10.4. The zero-order valence-electron chi connectivity index (χ0n) is 9.13. The topological polar surface area (TPSA) is 21.3 Å². The number of piperidine rings is 1. The first-order valence-electron chi connectivity index (χ1n) is 6.26. The maximum absolute atomic E-state index is 5.70. The highest BCUT2D eigenvalue weighted by Crippen LogP contribution is 2.26. The van der Waals surface area contributed by atoms with Crippen LogP contribution in [0.25, 0.3) is 0 Å². The van der Waals surface area contributed by atoms with Crippen LogP contribution in [0.3, 0.4) is 0 Å². The smallest absolute Gasteiger partial charge is 0.0494 e. The van der Waals surface area contributed by atoms with Gasteiger partial charge in [0.05, 0.1) is 0 Å². The molecule has 0 radical (unpaired) electrons. The third-order valence-electron chi connectivity index (χ3n) is 3.60. The van der Waals surface area contributed by atoms with Crippen LogP contribution < -0.4 is 5.32 Å². The molecule has 1 aliphatic carbocycles. The van der Waals surface area contributed by atoms with E-state index in [1.54, 1.807) is 0 Å². The van der Waals surface area contributed by atoms with Crippen LogP contribution in [0.2, 0.25) is 0 Å². The second-order valence-corrected chi connectivity index (χ2v) is 4.81. The Bertz CT molecular complexity index is 150. The molecule has 1 saturated heterocycles. The maximum Gasteiger partial charge on any atom is 0.0494 e. The summed E-state index contributed by atoms with van der Waals surface area (Å²) in [5.41, 5.74) is 0. The van der Waals surface area contributed by atoms with Gasteiger partial charge in [0.1, 0.15) is 0 Å². The molecule has 82 valence electrons. The van der Waals surface area contributed by atoms with Crippen LogP contribution in [0.1, 0.15) is 44.9 Å². The number of rotatable bonds is 5. The van der Waals surface area contributed by atoms with Crippen molar-refractivity contribution < 1.29 is 4.74 Å². The van der Waals surface area contributed by atoms with Gasteiger partial charge in [-0.2, -0.15) is 0 Å². The fourth-order valence-corrected chi connectivity index (χ4v) is 2.31. The average molecular weight is 197 g/mol. The monoisotopic (exact) mass is 197 g/mol. The Morgan fingerprint density at radius 2 is 2.00 bits per heavy atom. The molecule has 0 amide bonds. The summed E-state index contributed by atoms with van der Waals surface area (Å²) in [6, 6.07) is 0.741. The highest BCUT2D eigenvalue weighted by molar-refractivity contribution is 4.72. The fraction of sp³-hybridized carbons (Fsp3) is 1.00. The van der Waals surface area contributed by atoms with Gasteiger partial charge in [-0.15, -0.1) is 0 Å². The van der Waals surface area contributed by atoms with Gasteiger partial charge in [-0.05, 0) is 44.6 Å². The first-order chi connectivity index (χ1) is 6.95. The van der Waals surface area contributed by atoms with Crippen LogP contribution >= 0.6 is 0 Å². The molecule has 0 aromatic rings. The molecule has 1 atom stereocenters. The SMILES string of the molecule is C1CCC(CCOCC2CCC2)NC1. The summed E-state index contributed by atoms with van der Waals surface area (Å²) in [5, 5.41) is 3.56.